The summed E-state index contributed by atoms with van der Waals surface area (Å²) in [4.78, 5) is 10.7. The zero-order valence-electron chi connectivity index (χ0n) is 6.79. The van der Waals surface area contributed by atoms with Crippen molar-refractivity contribution in [3.63, 3.8) is 0 Å². The van der Waals surface area contributed by atoms with Crippen molar-refractivity contribution in [2.45, 2.75) is 6.10 Å². The molecule has 1 amide bonds. The molecule has 1 N–H and O–H groups in total. The van der Waals surface area contributed by atoms with E-state index in [1.54, 1.807) is 12.1 Å². The number of carbonyl (C=O) groups excluding carboxylic acids is 1. The van der Waals surface area contributed by atoms with E-state index in [0.29, 0.717) is 11.6 Å². The molecular weight excluding hydrogens is 190 g/mol. The highest BCUT2D eigenvalue weighted by atomic mass is 35.5. The highest BCUT2D eigenvalue weighted by Gasteiger charge is 2.23. The Balaban J connectivity index is 2.21. The van der Waals surface area contributed by atoms with Gasteiger partial charge < -0.3 is 10.1 Å². The maximum Gasteiger partial charge on any atom is 0.407 e. The highest BCUT2D eigenvalue weighted by Crippen LogP contribution is 2.22. The summed E-state index contributed by atoms with van der Waals surface area (Å²) >= 11 is 5.80. The predicted octanol–water partition coefficient (Wildman–Crippen LogP) is 2.12. The Kier molecular flexibility index (Phi) is 2.10. The third-order valence-electron chi connectivity index (χ3n) is 1.90. The van der Waals surface area contributed by atoms with Gasteiger partial charge in [-0.3, -0.25) is 0 Å². The van der Waals surface area contributed by atoms with Gasteiger partial charge in [-0.15, -0.1) is 0 Å². The van der Waals surface area contributed by atoms with Gasteiger partial charge in [0.15, 0.2) is 0 Å². The van der Waals surface area contributed by atoms with Crippen molar-refractivity contribution in [3.8, 4) is 0 Å². The number of nitrogens with one attached hydrogen (secondary N) is 1. The fourth-order valence-corrected chi connectivity index (χ4v) is 1.48. The van der Waals surface area contributed by atoms with Crippen molar-refractivity contribution in [3.05, 3.63) is 34.9 Å². The van der Waals surface area contributed by atoms with Crippen LogP contribution in [0.25, 0.3) is 0 Å². The molecule has 13 heavy (non-hydrogen) atoms. The van der Waals surface area contributed by atoms with Crippen LogP contribution in [0.4, 0.5) is 4.79 Å². The van der Waals surface area contributed by atoms with Crippen molar-refractivity contribution in [2.24, 2.45) is 0 Å². The van der Waals surface area contributed by atoms with Crippen LogP contribution in [0, 0.1) is 0 Å². The molecule has 1 fully saturated rings. The van der Waals surface area contributed by atoms with Crippen LogP contribution in [0.1, 0.15) is 11.7 Å². The number of cyclic esters (lactones) is 1. The molecule has 0 bridgehead atoms. The van der Waals surface area contributed by atoms with E-state index in [2.05, 4.69) is 5.32 Å². The number of ether oxygens (including phenoxy) is 1. The highest BCUT2D eigenvalue weighted by molar-refractivity contribution is 6.30. The van der Waals surface area contributed by atoms with E-state index < -0.39 is 0 Å². The van der Waals surface area contributed by atoms with Crippen LogP contribution in [0.15, 0.2) is 24.3 Å². The summed E-state index contributed by atoms with van der Waals surface area (Å²) in [6, 6.07) is 7.31. The Morgan fingerprint density at radius 2 is 2.38 bits per heavy atom. The van der Waals surface area contributed by atoms with Crippen LogP contribution >= 0.6 is 11.6 Å². The molecule has 0 aromatic heterocycles. The minimum absolute atomic E-state index is 0.203. The van der Waals surface area contributed by atoms with Gasteiger partial charge in [0.1, 0.15) is 6.10 Å². The first-order valence-electron chi connectivity index (χ1n) is 3.95. The van der Waals surface area contributed by atoms with E-state index in [4.69, 9.17) is 16.3 Å². The van der Waals surface area contributed by atoms with Crippen LogP contribution in [-0.4, -0.2) is 12.6 Å². The molecule has 0 spiro atoms. The number of alkyl carbamates (subject to hydrolysis) is 1. The molecule has 1 heterocycles. The van der Waals surface area contributed by atoms with E-state index in [0.717, 1.165) is 5.56 Å². The maximum atomic E-state index is 10.7. The fraction of sp³-hybridized carbons (Fsp3) is 0.222. The van der Waals surface area contributed by atoms with Crippen LogP contribution in [0.3, 0.4) is 0 Å². The molecule has 1 aromatic rings. The fourth-order valence-electron chi connectivity index (χ4n) is 1.28. The molecule has 68 valence electrons. The second-order valence-electron chi connectivity index (χ2n) is 2.83. The third kappa shape index (κ3) is 1.75. The van der Waals surface area contributed by atoms with Crippen molar-refractivity contribution in [1.82, 2.24) is 5.32 Å². The second-order valence-corrected chi connectivity index (χ2v) is 3.27. The van der Waals surface area contributed by atoms with E-state index in [-0.39, 0.29) is 12.2 Å². The standard InChI is InChI=1S/C9H8ClNO2/c10-7-3-1-2-6(4-7)8-5-11-9(12)13-8/h1-4,8H,5H2,(H,11,12)/t8-/m0/s1. The molecule has 1 saturated heterocycles. The summed E-state index contributed by atoms with van der Waals surface area (Å²) in [5.41, 5.74) is 0.922. The number of hydrogen-bond donors (Lipinski definition) is 1. The molecule has 0 unspecified atom stereocenters. The smallest absolute Gasteiger partial charge is 0.407 e. The number of benzene rings is 1. The number of rotatable bonds is 1. The number of carbonyl (C=O) groups is 1. The van der Waals surface area contributed by atoms with E-state index in [1.807, 2.05) is 12.1 Å². The Morgan fingerprint density at radius 3 is 3.00 bits per heavy atom. The first-order valence-corrected chi connectivity index (χ1v) is 4.33. The van der Waals surface area contributed by atoms with Gasteiger partial charge >= 0.3 is 6.09 Å². The summed E-state index contributed by atoms with van der Waals surface area (Å²) in [6.07, 6.45) is -0.573. The number of hydrogen-bond acceptors (Lipinski definition) is 2. The Morgan fingerprint density at radius 1 is 1.54 bits per heavy atom. The maximum absolute atomic E-state index is 10.7. The summed E-state index contributed by atoms with van der Waals surface area (Å²) in [6.45, 7) is 0.513. The molecule has 0 saturated carbocycles. The minimum Gasteiger partial charge on any atom is -0.439 e. The van der Waals surface area contributed by atoms with Crippen LogP contribution < -0.4 is 5.32 Å². The van der Waals surface area contributed by atoms with Crippen LogP contribution in [0.2, 0.25) is 5.02 Å². The molecule has 0 aliphatic carbocycles. The summed E-state index contributed by atoms with van der Waals surface area (Å²) in [5, 5.41) is 3.24. The molecular formula is C9H8ClNO2. The van der Waals surface area contributed by atoms with E-state index in [9.17, 15) is 4.79 Å². The summed E-state index contributed by atoms with van der Waals surface area (Å²) in [7, 11) is 0. The molecule has 3 nitrogen and oxygen atoms in total. The number of halogens is 1. The molecule has 0 radical (unpaired) electrons. The largest absolute Gasteiger partial charge is 0.439 e. The van der Waals surface area contributed by atoms with Gasteiger partial charge in [0, 0.05) is 5.02 Å². The zero-order valence-corrected chi connectivity index (χ0v) is 7.54. The Bertz CT molecular complexity index is 340. The van der Waals surface area contributed by atoms with Crippen molar-refractivity contribution < 1.29 is 9.53 Å². The topological polar surface area (TPSA) is 38.3 Å². The normalized spacial score (nSPS) is 21.0. The predicted molar refractivity (Wildman–Crippen MR) is 48.7 cm³/mol. The lowest BCUT2D eigenvalue weighted by molar-refractivity contribution is 0.141. The second kappa shape index (κ2) is 3.26. The molecule has 1 atom stereocenters. The minimum atomic E-state index is -0.370. The van der Waals surface area contributed by atoms with Crippen molar-refractivity contribution in [1.29, 1.82) is 0 Å². The lowest BCUT2D eigenvalue weighted by atomic mass is 10.1. The molecule has 4 heteroatoms. The van der Waals surface area contributed by atoms with Gasteiger partial charge in [0.25, 0.3) is 0 Å². The molecule has 1 aliphatic heterocycles. The van der Waals surface area contributed by atoms with Gasteiger partial charge in [-0.1, -0.05) is 23.7 Å². The van der Waals surface area contributed by atoms with Crippen LogP contribution in [0.5, 0.6) is 0 Å². The van der Waals surface area contributed by atoms with Crippen LogP contribution in [-0.2, 0) is 4.74 Å². The van der Waals surface area contributed by atoms with E-state index in [1.165, 1.54) is 0 Å². The van der Waals surface area contributed by atoms with Gasteiger partial charge in [-0.2, -0.15) is 0 Å². The quantitative estimate of drug-likeness (QED) is 0.749. The van der Waals surface area contributed by atoms with E-state index >= 15 is 0 Å². The van der Waals surface area contributed by atoms with Crippen molar-refractivity contribution in [2.75, 3.05) is 6.54 Å². The average molecular weight is 198 g/mol. The monoisotopic (exact) mass is 197 g/mol. The average Bonchev–Trinajstić information content (AvgIpc) is 2.52. The Labute approximate surface area is 80.6 Å². The van der Waals surface area contributed by atoms with Gasteiger partial charge in [-0.05, 0) is 17.7 Å². The third-order valence-corrected chi connectivity index (χ3v) is 2.14. The molecule has 1 aromatic carbocycles. The zero-order chi connectivity index (χ0) is 9.26. The lowest BCUT2D eigenvalue weighted by Crippen LogP contribution is -2.12. The Hall–Kier alpha value is -1.22. The molecule has 1 aliphatic rings. The summed E-state index contributed by atoms with van der Waals surface area (Å²) < 4.78 is 4.99. The van der Waals surface area contributed by atoms with Gasteiger partial charge in [-0.25, -0.2) is 4.79 Å². The van der Waals surface area contributed by atoms with Gasteiger partial charge in [0.05, 0.1) is 6.54 Å². The first-order chi connectivity index (χ1) is 6.25. The summed E-state index contributed by atoms with van der Waals surface area (Å²) in [5.74, 6) is 0. The number of amides is 1. The van der Waals surface area contributed by atoms with Crippen molar-refractivity contribution >= 4 is 17.7 Å². The lowest BCUT2D eigenvalue weighted by Gasteiger charge is -2.07. The SMILES string of the molecule is O=C1NC[C@@H](c2cccc(Cl)c2)O1. The molecule has 2 rings (SSSR count). The van der Waals surface area contributed by atoms with Gasteiger partial charge in [0.2, 0.25) is 0 Å². The first kappa shape index (κ1) is 8.38.